The summed E-state index contributed by atoms with van der Waals surface area (Å²) in [6.45, 7) is 5.62. The molecule has 0 spiro atoms. The lowest BCUT2D eigenvalue weighted by molar-refractivity contribution is -0.301. The highest BCUT2D eigenvalue weighted by Gasteiger charge is 2.50. The molecule has 0 amide bonds. The Kier molecular flexibility index (Phi) is 47.2. The Morgan fingerprint density at radius 2 is 0.857 bits per heavy atom. The van der Waals surface area contributed by atoms with Crippen molar-refractivity contribution in [2.24, 2.45) is 0 Å². The van der Waals surface area contributed by atoms with Gasteiger partial charge in [0.2, 0.25) is 0 Å². The lowest BCUT2D eigenvalue weighted by Crippen LogP contribution is -2.61. The number of aliphatic hydroxyl groups excluding tert-OH is 2. The molecule has 0 saturated carbocycles. The number of unbranched alkanes of at least 4 members (excludes halogenated alkanes) is 15. The maximum absolute atomic E-state index is 13.1. The third-order valence-electron chi connectivity index (χ3n) is 12.5. The van der Waals surface area contributed by atoms with Crippen LogP contribution in [0.2, 0.25) is 0 Å². The Balaban J connectivity index is 2.76. The van der Waals surface area contributed by atoms with Gasteiger partial charge < -0.3 is 39.0 Å². The van der Waals surface area contributed by atoms with Gasteiger partial charge in [0.25, 0.3) is 0 Å². The first kappa shape index (κ1) is 70.1. The summed E-state index contributed by atoms with van der Waals surface area (Å²) in [5, 5.41) is 31.5. The van der Waals surface area contributed by atoms with Gasteiger partial charge in [0.15, 0.2) is 24.6 Å². The fourth-order valence-electron chi connectivity index (χ4n) is 8.07. The molecule has 1 heterocycles. The predicted molar refractivity (Wildman–Crippen MR) is 312 cm³/mol. The molecule has 434 valence electrons. The quantitative estimate of drug-likeness (QED) is 0.0228. The van der Waals surface area contributed by atoms with Gasteiger partial charge in [-0.1, -0.05) is 206 Å². The molecule has 1 aliphatic heterocycles. The van der Waals surface area contributed by atoms with Gasteiger partial charge in [0.05, 0.1) is 13.0 Å². The molecule has 6 unspecified atom stereocenters. The van der Waals surface area contributed by atoms with Crippen LogP contribution in [0.1, 0.15) is 213 Å². The monoisotopic (exact) mass is 1070 g/mol. The summed E-state index contributed by atoms with van der Waals surface area (Å²) in [5.74, 6) is -3.33. The number of ether oxygens (including phenoxy) is 5. The van der Waals surface area contributed by atoms with E-state index in [-0.39, 0.29) is 25.9 Å². The third-order valence-corrected chi connectivity index (χ3v) is 12.5. The molecular weight excluding hydrogens is 973 g/mol. The SMILES string of the molecule is CC/C=C\C/C=C\C/C=C\C/C=C\C/C=C\CC(=O)OCC(COC1OC(C(=O)O)C(O)C(O)C1OC(=O)CCCCCCCCC/C=C\C/C=C\CCCCC)OC(=O)CCCCCCC/C=C\C/C=C\C/C=C\CC. The Morgan fingerprint density at radius 3 is 1.31 bits per heavy atom. The number of carbonyl (C=O) groups excluding carboxylic acids is 3. The minimum Gasteiger partial charge on any atom is -0.479 e. The molecule has 12 heteroatoms. The van der Waals surface area contributed by atoms with Crippen molar-refractivity contribution in [3.8, 4) is 0 Å². The molecule has 0 aromatic heterocycles. The first-order chi connectivity index (χ1) is 37.6. The first-order valence-electron chi connectivity index (χ1n) is 29.5. The zero-order chi connectivity index (χ0) is 56.1. The molecule has 1 fully saturated rings. The van der Waals surface area contributed by atoms with Crippen molar-refractivity contribution >= 4 is 23.9 Å². The zero-order valence-electron chi connectivity index (χ0n) is 47.7. The van der Waals surface area contributed by atoms with Gasteiger partial charge in [-0.05, 0) is 109 Å². The van der Waals surface area contributed by atoms with E-state index in [1.54, 1.807) is 6.08 Å². The van der Waals surface area contributed by atoms with E-state index in [4.69, 9.17) is 23.7 Å². The van der Waals surface area contributed by atoms with Crippen LogP contribution >= 0.6 is 0 Å². The van der Waals surface area contributed by atoms with Crippen LogP contribution in [0, 0.1) is 0 Å². The molecule has 1 rings (SSSR count). The van der Waals surface area contributed by atoms with Crippen molar-refractivity contribution in [2.45, 2.75) is 250 Å². The standard InChI is InChI=1S/C65H102O12/c1-4-7-10-13-16-19-22-25-28-29-32-35-38-41-44-47-50-53-59(68)76-63-61(70)60(69)62(64(71)72)77-65(63)74-55-56(75-58(67)52-49-46-43-40-37-34-31-27-24-21-18-15-12-9-6-3)54-73-57(66)51-48-45-42-39-36-33-30-26-23-20-17-14-11-8-5-2/h8-9,11-12,16-21,25-28,30-31,36,39,45,48,56,60-63,65,69-70H,4-7,10,13-15,22-24,29,32-35,37-38,40-44,46-47,49-55H2,1-3H3,(H,71,72)/b11-8-,12-9-,19-16-,20-17-,21-18-,28-25-,30-26-,31-27-,39-36-,48-45-. The fraction of sp³-hybridized carbons (Fsp3) is 0.631. The lowest BCUT2D eigenvalue weighted by atomic mass is 9.98. The van der Waals surface area contributed by atoms with Crippen molar-refractivity contribution in [1.29, 1.82) is 0 Å². The van der Waals surface area contributed by atoms with Crippen molar-refractivity contribution in [1.82, 2.24) is 0 Å². The highest BCUT2D eigenvalue weighted by atomic mass is 16.7. The summed E-state index contributed by atoms with van der Waals surface area (Å²) >= 11 is 0. The van der Waals surface area contributed by atoms with Crippen LogP contribution in [0.4, 0.5) is 0 Å². The molecule has 0 aromatic rings. The minimum atomic E-state index is -1.93. The zero-order valence-corrected chi connectivity index (χ0v) is 47.7. The van der Waals surface area contributed by atoms with E-state index < -0.39 is 67.3 Å². The van der Waals surface area contributed by atoms with Crippen molar-refractivity contribution < 1.29 is 58.2 Å². The molecule has 0 radical (unpaired) electrons. The highest BCUT2D eigenvalue weighted by Crippen LogP contribution is 2.26. The second-order valence-corrected chi connectivity index (χ2v) is 19.5. The predicted octanol–water partition coefficient (Wildman–Crippen LogP) is 15.2. The first-order valence-corrected chi connectivity index (χ1v) is 29.5. The number of carbonyl (C=O) groups is 4. The molecule has 3 N–H and O–H groups in total. The molecule has 0 aliphatic carbocycles. The number of allylic oxidation sites excluding steroid dienone is 19. The highest BCUT2D eigenvalue weighted by molar-refractivity contribution is 5.74. The lowest BCUT2D eigenvalue weighted by Gasteiger charge is -2.40. The Bertz CT molecular complexity index is 1800. The summed E-state index contributed by atoms with van der Waals surface area (Å²) in [5.41, 5.74) is 0. The van der Waals surface area contributed by atoms with E-state index in [1.165, 1.54) is 19.3 Å². The van der Waals surface area contributed by atoms with Crippen LogP contribution < -0.4 is 0 Å². The third kappa shape index (κ3) is 41.8. The van der Waals surface area contributed by atoms with Gasteiger partial charge in [-0.25, -0.2) is 4.79 Å². The molecule has 12 nitrogen and oxygen atoms in total. The van der Waals surface area contributed by atoms with Gasteiger partial charge in [-0.15, -0.1) is 0 Å². The van der Waals surface area contributed by atoms with E-state index >= 15 is 0 Å². The van der Waals surface area contributed by atoms with E-state index in [0.717, 1.165) is 135 Å². The van der Waals surface area contributed by atoms with Crippen LogP contribution in [0.15, 0.2) is 122 Å². The van der Waals surface area contributed by atoms with Crippen molar-refractivity contribution in [3.63, 3.8) is 0 Å². The van der Waals surface area contributed by atoms with Crippen LogP contribution in [0.3, 0.4) is 0 Å². The van der Waals surface area contributed by atoms with E-state index in [1.807, 2.05) is 12.2 Å². The van der Waals surface area contributed by atoms with Gasteiger partial charge in [0, 0.05) is 12.8 Å². The smallest absolute Gasteiger partial charge is 0.335 e. The Morgan fingerprint density at radius 1 is 0.455 bits per heavy atom. The van der Waals surface area contributed by atoms with Crippen LogP contribution in [0.25, 0.3) is 0 Å². The Labute approximate surface area is 465 Å². The molecule has 0 bridgehead atoms. The van der Waals surface area contributed by atoms with Gasteiger partial charge in [0.1, 0.15) is 18.8 Å². The van der Waals surface area contributed by atoms with E-state index in [0.29, 0.717) is 19.3 Å². The second kappa shape index (κ2) is 51.9. The summed E-state index contributed by atoms with van der Waals surface area (Å²) in [6, 6.07) is 0. The topological polar surface area (TPSA) is 175 Å². The fourth-order valence-corrected chi connectivity index (χ4v) is 8.07. The van der Waals surface area contributed by atoms with Gasteiger partial charge in [-0.3, -0.25) is 14.4 Å². The number of esters is 3. The normalized spacial score (nSPS) is 18.9. The number of rotatable bonds is 48. The van der Waals surface area contributed by atoms with Gasteiger partial charge in [-0.2, -0.15) is 0 Å². The summed E-state index contributed by atoms with van der Waals surface area (Å²) in [7, 11) is 0. The number of aliphatic carboxylic acids is 1. The maximum Gasteiger partial charge on any atom is 0.335 e. The number of hydrogen-bond donors (Lipinski definition) is 3. The molecule has 77 heavy (non-hydrogen) atoms. The molecule has 0 aromatic carbocycles. The van der Waals surface area contributed by atoms with Crippen LogP contribution in [0.5, 0.6) is 0 Å². The summed E-state index contributed by atoms with van der Waals surface area (Å²) in [4.78, 5) is 51.1. The minimum absolute atomic E-state index is 0.0253. The van der Waals surface area contributed by atoms with E-state index in [2.05, 4.69) is 124 Å². The summed E-state index contributed by atoms with van der Waals surface area (Å²) in [6.07, 6.45) is 59.0. The van der Waals surface area contributed by atoms with Crippen LogP contribution in [-0.4, -0.2) is 89.2 Å². The number of carboxylic acid groups (broad SMARTS) is 1. The average molecular weight is 1080 g/mol. The summed E-state index contributed by atoms with van der Waals surface area (Å²) < 4.78 is 28.3. The molecule has 1 saturated heterocycles. The van der Waals surface area contributed by atoms with Crippen molar-refractivity contribution in [3.05, 3.63) is 122 Å². The Hall–Kier alpha value is -4.88. The molecule has 6 atom stereocenters. The molecule has 1 aliphatic rings. The molecular formula is C65H102O12. The number of hydrogen-bond acceptors (Lipinski definition) is 11. The van der Waals surface area contributed by atoms with Gasteiger partial charge >= 0.3 is 23.9 Å². The number of aliphatic hydroxyl groups is 2. The second-order valence-electron chi connectivity index (χ2n) is 19.5. The largest absolute Gasteiger partial charge is 0.479 e. The van der Waals surface area contributed by atoms with Crippen LogP contribution in [-0.2, 0) is 42.9 Å². The average Bonchev–Trinajstić information content (AvgIpc) is 3.42. The van der Waals surface area contributed by atoms with E-state index in [9.17, 15) is 34.5 Å². The maximum atomic E-state index is 13.1. The van der Waals surface area contributed by atoms with Crippen molar-refractivity contribution in [2.75, 3.05) is 13.2 Å². The number of carboxylic acids is 1.